The zero-order valence-corrected chi connectivity index (χ0v) is 24.6. The quantitative estimate of drug-likeness (QED) is 0.177. The molecule has 3 heterocycles. The maximum absolute atomic E-state index is 11.7. The van der Waals surface area contributed by atoms with Crippen LogP contribution in [0, 0.1) is 0 Å². The Labute approximate surface area is 253 Å². The van der Waals surface area contributed by atoms with Crippen molar-refractivity contribution in [2.24, 2.45) is 0 Å². The Kier molecular flexibility index (Phi) is 7.97. The average molecular weight is 610 g/mol. The first-order chi connectivity index (χ1) is 21.3. The van der Waals surface area contributed by atoms with E-state index < -0.39 is 10.1 Å². The van der Waals surface area contributed by atoms with Crippen LogP contribution in [-0.4, -0.2) is 42.1 Å². The fourth-order valence-corrected chi connectivity index (χ4v) is 5.45. The Morgan fingerprint density at radius 1 is 0.705 bits per heavy atom. The lowest BCUT2D eigenvalue weighted by Gasteiger charge is -2.11. The highest BCUT2D eigenvalue weighted by Crippen LogP contribution is 2.32. The topological polar surface area (TPSA) is 130 Å². The zero-order chi connectivity index (χ0) is 30.7. The molecule has 3 aromatic heterocycles. The number of methoxy groups -OCH3 is 2. The van der Waals surface area contributed by atoms with Crippen LogP contribution in [0.2, 0.25) is 0 Å². The molecule has 0 aliphatic carbocycles. The molecule has 222 valence electrons. The standard InChI is InChI=1S/C33H27N3O7S/c1-40-30-18-33(36-27-6-4-3-5-26(27)30)43-20-22-10-12-35-29(14-22)28-13-21(9-11-34-28)19-42-25-8-7-23-17-32(44(37,38)39)31(41-2)16-24(23)15-25/h3-18H,19-20H2,1-2H3,(H,37,38,39). The van der Waals surface area contributed by atoms with Crippen molar-refractivity contribution in [2.45, 2.75) is 18.1 Å². The van der Waals surface area contributed by atoms with Gasteiger partial charge in [0.2, 0.25) is 5.88 Å². The fourth-order valence-electron chi connectivity index (χ4n) is 4.78. The van der Waals surface area contributed by atoms with Crippen LogP contribution in [0.4, 0.5) is 0 Å². The molecular weight excluding hydrogens is 582 g/mol. The fraction of sp³-hybridized carbons (Fsp3) is 0.121. The Morgan fingerprint density at radius 3 is 2.07 bits per heavy atom. The summed E-state index contributed by atoms with van der Waals surface area (Å²) in [6.07, 6.45) is 3.41. The lowest BCUT2D eigenvalue weighted by atomic mass is 10.1. The third-order valence-electron chi connectivity index (χ3n) is 6.95. The number of hydrogen-bond donors (Lipinski definition) is 1. The second kappa shape index (κ2) is 12.2. The SMILES string of the molecule is COc1cc2cc(OCc3ccnc(-c4cc(COc5cc(OC)c6ccccc6n5)ccn4)c3)ccc2cc1S(=O)(=O)O. The second-order valence-corrected chi connectivity index (χ2v) is 11.2. The number of hydrogen-bond acceptors (Lipinski definition) is 9. The van der Waals surface area contributed by atoms with Gasteiger partial charge in [-0.1, -0.05) is 18.2 Å². The Hall–Kier alpha value is -5.26. The van der Waals surface area contributed by atoms with Crippen molar-refractivity contribution in [2.75, 3.05) is 14.2 Å². The van der Waals surface area contributed by atoms with Crippen LogP contribution in [0.25, 0.3) is 33.1 Å². The smallest absolute Gasteiger partial charge is 0.298 e. The van der Waals surface area contributed by atoms with Crippen LogP contribution < -0.4 is 18.9 Å². The van der Waals surface area contributed by atoms with Crippen molar-refractivity contribution in [3.63, 3.8) is 0 Å². The normalized spacial score (nSPS) is 11.4. The van der Waals surface area contributed by atoms with Crippen LogP contribution in [-0.2, 0) is 23.3 Å². The number of rotatable bonds is 10. The monoisotopic (exact) mass is 609 g/mol. The Bertz CT molecular complexity index is 2100. The van der Waals surface area contributed by atoms with Crippen molar-refractivity contribution >= 4 is 31.8 Å². The van der Waals surface area contributed by atoms with Gasteiger partial charge in [-0.2, -0.15) is 8.42 Å². The van der Waals surface area contributed by atoms with Gasteiger partial charge >= 0.3 is 0 Å². The van der Waals surface area contributed by atoms with Gasteiger partial charge in [0.25, 0.3) is 10.1 Å². The molecule has 0 unspecified atom stereocenters. The Morgan fingerprint density at radius 2 is 1.39 bits per heavy atom. The number of para-hydroxylation sites is 1. The molecule has 11 heteroatoms. The molecule has 6 rings (SSSR count). The first kappa shape index (κ1) is 28.8. The highest BCUT2D eigenvalue weighted by Gasteiger charge is 2.18. The summed E-state index contributed by atoms with van der Waals surface area (Å²) >= 11 is 0. The summed E-state index contributed by atoms with van der Waals surface area (Å²) in [4.78, 5) is 13.3. The maximum atomic E-state index is 11.7. The van der Waals surface area contributed by atoms with E-state index in [9.17, 15) is 13.0 Å². The number of fused-ring (bicyclic) bond motifs is 2. The number of benzene rings is 3. The average Bonchev–Trinajstić information content (AvgIpc) is 3.05. The predicted molar refractivity (Wildman–Crippen MR) is 165 cm³/mol. The van der Waals surface area contributed by atoms with Gasteiger partial charge in [-0.15, -0.1) is 0 Å². The van der Waals surface area contributed by atoms with Crippen LogP contribution in [0.3, 0.4) is 0 Å². The molecule has 0 atom stereocenters. The molecule has 6 aromatic rings. The van der Waals surface area contributed by atoms with Gasteiger partial charge in [-0.25, -0.2) is 4.98 Å². The van der Waals surface area contributed by atoms with Crippen LogP contribution in [0.5, 0.6) is 23.1 Å². The number of pyridine rings is 3. The molecule has 0 saturated carbocycles. The van der Waals surface area contributed by atoms with Gasteiger partial charge in [-0.3, -0.25) is 14.5 Å². The molecule has 10 nitrogen and oxygen atoms in total. The van der Waals surface area contributed by atoms with E-state index >= 15 is 0 Å². The van der Waals surface area contributed by atoms with Gasteiger partial charge in [0, 0.05) is 23.8 Å². The number of aromatic nitrogens is 3. The molecule has 0 radical (unpaired) electrons. The molecule has 3 aromatic carbocycles. The van der Waals surface area contributed by atoms with E-state index in [-0.39, 0.29) is 23.9 Å². The maximum Gasteiger partial charge on any atom is 0.298 e. The van der Waals surface area contributed by atoms with Crippen molar-refractivity contribution < 1.29 is 31.9 Å². The number of nitrogens with zero attached hydrogens (tertiary/aromatic N) is 3. The van der Waals surface area contributed by atoms with Gasteiger partial charge in [0.1, 0.15) is 35.4 Å². The van der Waals surface area contributed by atoms with E-state index in [1.54, 1.807) is 49.8 Å². The summed E-state index contributed by atoms with van der Waals surface area (Å²) in [5.41, 5.74) is 3.93. The molecule has 1 N–H and O–H groups in total. The molecule has 0 aliphatic heterocycles. The second-order valence-electron chi connectivity index (χ2n) is 9.84. The molecular formula is C33H27N3O7S. The van der Waals surface area contributed by atoms with Gasteiger partial charge < -0.3 is 18.9 Å². The minimum atomic E-state index is -4.43. The van der Waals surface area contributed by atoms with E-state index in [4.69, 9.17) is 18.9 Å². The van der Waals surface area contributed by atoms with E-state index in [1.165, 1.54) is 13.2 Å². The van der Waals surface area contributed by atoms with E-state index in [1.807, 2.05) is 48.5 Å². The highest BCUT2D eigenvalue weighted by atomic mass is 32.2. The minimum absolute atomic E-state index is 0.0457. The van der Waals surface area contributed by atoms with Crippen molar-refractivity contribution in [1.82, 2.24) is 15.0 Å². The van der Waals surface area contributed by atoms with Crippen LogP contribution in [0.15, 0.2) is 102 Å². The number of ether oxygens (including phenoxy) is 4. The third-order valence-corrected chi connectivity index (χ3v) is 7.82. The molecule has 0 spiro atoms. The van der Waals surface area contributed by atoms with Gasteiger partial charge in [0.15, 0.2) is 0 Å². The summed E-state index contributed by atoms with van der Waals surface area (Å²) < 4.78 is 55.7. The molecule has 44 heavy (non-hydrogen) atoms. The molecule has 0 fully saturated rings. The zero-order valence-electron chi connectivity index (χ0n) is 23.8. The summed E-state index contributed by atoms with van der Waals surface area (Å²) in [6, 6.07) is 25.2. The Balaban J connectivity index is 1.16. The van der Waals surface area contributed by atoms with Crippen LogP contribution in [0.1, 0.15) is 11.1 Å². The molecule has 0 amide bonds. The predicted octanol–water partition coefficient (Wildman–Crippen LogP) is 6.27. The third kappa shape index (κ3) is 6.24. The van der Waals surface area contributed by atoms with E-state index in [2.05, 4.69) is 15.0 Å². The highest BCUT2D eigenvalue weighted by molar-refractivity contribution is 7.86. The van der Waals surface area contributed by atoms with Crippen molar-refractivity contribution in [1.29, 1.82) is 0 Å². The molecule has 0 aliphatic rings. The van der Waals surface area contributed by atoms with Crippen molar-refractivity contribution in [3.05, 3.63) is 108 Å². The van der Waals surface area contributed by atoms with Gasteiger partial charge in [0.05, 0.1) is 31.1 Å². The summed E-state index contributed by atoms with van der Waals surface area (Å²) in [5.74, 6) is 1.78. The first-order valence-electron chi connectivity index (χ1n) is 13.5. The molecule has 0 saturated heterocycles. The minimum Gasteiger partial charge on any atom is -0.496 e. The van der Waals surface area contributed by atoms with Crippen LogP contribution >= 0.6 is 0 Å². The van der Waals surface area contributed by atoms with E-state index in [0.29, 0.717) is 39.5 Å². The van der Waals surface area contributed by atoms with Gasteiger partial charge in [-0.05, 0) is 82.6 Å². The summed E-state index contributed by atoms with van der Waals surface area (Å²) in [7, 11) is -1.47. The first-order valence-corrected chi connectivity index (χ1v) is 14.9. The summed E-state index contributed by atoms with van der Waals surface area (Å²) in [6.45, 7) is 0.546. The summed E-state index contributed by atoms with van der Waals surface area (Å²) in [5, 5.41) is 2.23. The molecule has 0 bridgehead atoms. The lowest BCUT2D eigenvalue weighted by Crippen LogP contribution is -2.02. The lowest BCUT2D eigenvalue weighted by molar-refractivity contribution is 0.292. The van der Waals surface area contributed by atoms with Crippen molar-refractivity contribution in [3.8, 4) is 34.5 Å². The largest absolute Gasteiger partial charge is 0.496 e. The van der Waals surface area contributed by atoms with E-state index in [0.717, 1.165) is 22.0 Å².